The van der Waals surface area contributed by atoms with E-state index in [1.165, 1.54) is 18.1 Å². The van der Waals surface area contributed by atoms with Gasteiger partial charge in [-0.1, -0.05) is 52.8 Å². The molecule has 0 amide bonds. The average molecular weight is 197 g/mol. The normalized spacial score (nSPS) is 7.80. The predicted molar refractivity (Wildman–Crippen MR) is 49.9 cm³/mol. The van der Waals surface area contributed by atoms with Crippen LogP contribution >= 0.6 is 0 Å². The van der Waals surface area contributed by atoms with Crippen molar-refractivity contribution >= 4 is 8.80 Å². The molecule has 0 unspecified atom stereocenters. The van der Waals surface area contributed by atoms with Gasteiger partial charge in [0.1, 0.15) is 0 Å². The van der Waals surface area contributed by atoms with Gasteiger partial charge in [0, 0.05) is 27.4 Å². The predicted octanol–water partition coefficient (Wildman–Crippen LogP) is 3.30. The first-order chi connectivity index (χ1) is 4.35. The van der Waals surface area contributed by atoms with E-state index in [-0.39, 0.29) is 27.4 Å². The zero-order valence-corrected chi connectivity index (χ0v) is 10.7. The zero-order chi connectivity index (χ0) is 7.70. The summed E-state index contributed by atoms with van der Waals surface area (Å²) in [5.41, 5.74) is 0. The van der Waals surface area contributed by atoms with Crippen LogP contribution in [0.4, 0.5) is 0 Å². The maximum Gasteiger partial charge on any atom is 0.0359 e. The monoisotopic (exact) mass is 197 g/mol. The van der Waals surface area contributed by atoms with Crippen molar-refractivity contribution in [1.82, 2.24) is 0 Å². The fourth-order valence-electron chi connectivity index (χ4n) is 0.866. The SMILES string of the molecule is CC.CC[SiH](CC)CC.[V]. The second-order valence-electron chi connectivity index (χ2n) is 2.09. The van der Waals surface area contributed by atoms with Crippen molar-refractivity contribution in [2.45, 2.75) is 52.8 Å². The molecule has 0 saturated carbocycles. The van der Waals surface area contributed by atoms with Gasteiger partial charge in [-0.25, -0.2) is 0 Å². The van der Waals surface area contributed by atoms with Gasteiger partial charge in [-0.15, -0.1) is 0 Å². The summed E-state index contributed by atoms with van der Waals surface area (Å²) in [5, 5.41) is 0. The van der Waals surface area contributed by atoms with E-state index in [1.807, 2.05) is 13.8 Å². The smallest absolute Gasteiger partial charge is 0.0359 e. The van der Waals surface area contributed by atoms with Crippen LogP contribution in [-0.4, -0.2) is 8.80 Å². The molecule has 0 aromatic heterocycles. The molecule has 0 aliphatic carbocycles. The minimum Gasteiger partial charge on any atom is -0.0683 e. The fourth-order valence-corrected chi connectivity index (χ4v) is 2.60. The van der Waals surface area contributed by atoms with Crippen molar-refractivity contribution in [1.29, 1.82) is 0 Å². The summed E-state index contributed by atoms with van der Waals surface area (Å²) < 4.78 is 0. The maximum absolute atomic E-state index is 2.32. The van der Waals surface area contributed by atoms with E-state index in [0.717, 1.165) is 0 Å². The maximum atomic E-state index is 2.32. The van der Waals surface area contributed by atoms with Gasteiger partial charge in [-0.2, -0.15) is 0 Å². The molecule has 0 fully saturated rings. The number of hydrogen-bond acceptors (Lipinski definition) is 0. The molecule has 0 bridgehead atoms. The van der Waals surface area contributed by atoms with Gasteiger partial charge in [0.15, 0.2) is 0 Å². The van der Waals surface area contributed by atoms with Gasteiger partial charge < -0.3 is 0 Å². The summed E-state index contributed by atoms with van der Waals surface area (Å²) in [5.74, 6) is 0. The van der Waals surface area contributed by atoms with Gasteiger partial charge in [0.05, 0.1) is 0 Å². The third kappa shape index (κ3) is 11.6. The van der Waals surface area contributed by atoms with E-state index in [0.29, 0.717) is 0 Å². The Morgan fingerprint density at radius 1 is 0.800 bits per heavy atom. The molecule has 0 aromatic rings. The molecule has 0 heterocycles. The van der Waals surface area contributed by atoms with Crippen LogP contribution in [0.25, 0.3) is 0 Å². The standard InChI is InChI=1S/C6H16Si.C2H6.V/c1-4-7(5-2)6-3;1-2;/h7H,4-6H2,1-3H3;1-2H3;. The fraction of sp³-hybridized carbons (Fsp3) is 1.00. The molecule has 0 atom stereocenters. The Bertz CT molecular complexity index is 30.7. The minimum absolute atomic E-state index is 0. The quantitative estimate of drug-likeness (QED) is 0.609. The summed E-state index contributed by atoms with van der Waals surface area (Å²) in [4.78, 5) is 0. The first-order valence-electron chi connectivity index (χ1n) is 4.35. The summed E-state index contributed by atoms with van der Waals surface area (Å²) in [7, 11) is -0.171. The van der Waals surface area contributed by atoms with Crippen molar-refractivity contribution in [2.75, 3.05) is 0 Å². The third-order valence-corrected chi connectivity index (χ3v) is 5.20. The van der Waals surface area contributed by atoms with Crippen molar-refractivity contribution in [3.63, 3.8) is 0 Å². The molecule has 0 aromatic carbocycles. The number of rotatable bonds is 3. The Balaban J connectivity index is -0.000000149. The van der Waals surface area contributed by atoms with Crippen LogP contribution in [0.1, 0.15) is 34.6 Å². The van der Waals surface area contributed by atoms with Crippen LogP contribution < -0.4 is 0 Å². The van der Waals surface area contributed by atoms with Gasteiger partial charge in [0.25, 0.3) is 0 Å². The Hall–Kier alpha value is 0.801. The molecule has 0 saturated heterocycles. The Kier molecular flexibility index (Phi) is 28.0. The second-order valence-corrected chi connectivity index (χ2v) is 6.27. The summed E-state index contributed by atoms with van der Waals surface area (Å²) >= 11 is 0. The molecule has 2 heteroatoms. The molecular formula is C8H22SiV. The molecule has 0 aliphatic heterocycles. The van der Waals surface area contributed by atoms with E-state index < -0.39 is 0 Å². The van der Waals surface area contributed by atoms with Crippen LogP contribution in [-0.2, 0) is 18.6 Å². The van der Waals surface area contributed by atoms with E-state index >= 15 is 0 Å². The van der Waals surface area contributed by atoms with Crippen LogP contribution in [0.5, 0.6) is 0 Å². The minimum atomic E-state index is -0.171. The van der Waals surface area contributed by atoms with Gasteiger partial charge in [-0.3, -0.25) is 0 Å². The van der Waals surface area contributed by atoms with Crippen molar-refractivity contribution < 1.29 is 18.6 Å². The first kappa shape index (κ1) is 17.0. The third-order valence-electron chi connectivity index (χ3n) is 1.73. The molecule has 10 heavy (non-hydrogen) atoms. The Labute approximate surface area is 80.3 Å². The van der Waals surface area contributed by atoms with Crippen LogP contribution in [0.2, 0.25) is 18.1 Å². The molecule has 63 valence electrons. The molecule has 0 nitrogen and oxygen atoms in total. The summed E-state index contributed by atoms with van der Waals surface area (Å²) in [6, 6.07) is 4.48. The molecule has 0 spiro atoms. The zero-order valence-electron chi connectivity index (χ0n) is 8.15. The summed E-state index contributed by atoms with van der Waals surface area (Å²) in [6.45, 7) is 11.0. The van der Waals surface area contributed by atoms with E-state index in [4.69, 9.17) is 0 Å². The average Bonchev–Trinajstić information content (AvgIpc) is 1.96. The molecule has 0 aliphatic rings. The number of hydrogen-bond donors (Lipinski definition) is 0. The Morgan fingerprint density at radius 2 is 1.00 bits per heavy atom. The topological polar surface area (TPSA) is 0 Å². The molecule has 1 radical (unpaired) electrons. The largest absolute Gasteiger partial charge is 0.0683 e. The van der Waals surface area contributed by atoms with Crippen LogP contribution in [0.3, 0.4) is 0 Å². The van der Waals surface area contributed by atoms with E-state index in [1.54, 1.807) is 0 Å². The summed E-state index contributed by atoms with van der Waals surface area (Å²) in [6.07, 6.45) is 0. The van der Waals surface area contributed by atoms with Crippen molar-refractivity contribution in [3.8, 4) is 0 Å². The second kappa shape index (κ2) is 16.4. The molecule has 0 rings (SSSR count). The van der Waals surface area contributed by atoms with Gasteiger partial charge in [-0.05, 0) is 0 Å². The van der Waals surface area contributed by atoms with E-state index in [2.05, 4.69) is 20.8 Å². The van der Waals surface area contributed by atoms with Crippen molar-refractivity contribution in [2.24, 2.45) is 0 Å². The van der Waals surface area contributed by atoms with Crippen LogP contribution in [0.15, 0.2) is 0 Å². The van der Waals surface area contributed by atoms with Gasteiger partial charge >= 0.3 is 0 Å². The molecular weight excluding hydrogens is 175 g/mol. The van der Waals surface area contributed by atoms with Crippen LogP contribution in [0, 0.1) is 0 Å². The first-order valence-corrected chi connectivity index (χ1v) is 6.80. The van der Waals surface area contributed by atoms with Gasteiger partial charge in [0.2, 0.25) is 0 Å². The molecule has 0 N–H and O–H groups in total. The van der Waals surface area contributed by atoms with Crippen molar-refractivity contribution in [3.05, 3.63) is 0 Å². The van der Waals surface area contributed by atoms with E-state index in [9.17, 15) is 0 Å². The Morgan fingerprint density at radius 3 is 1.00 bits per heavy atom.